The summed E-state index contributed by atoms with van der Waals surface area (Å²) >= 11 is 1.25. The maximum Gasteiger partial charge on any atom is 0.229 e. The molecule has 0 aromatic carbocycles. The molecular weight excluding hydrogens is 300 g/mol. The lowest BCUT2D eigenvalue weighted by Crippen LogP contribution is -2.33. The van der Waals surface area contributed by atoms with Crippen LogP contribution in [0.2, 0.25) is 0 Å². The molecule has 1 amide bonds. The van der Waals surface area contributed by atoms with Gasteiger partial charge in [-0.1, -0.05) is 38.0 Å². The van der Waals surface area contributed by atoms with E-state index in [4.69, 9.17) is 0 Å². The second kappa shape index (κ2) is 7.33. The number of ketones is 1. The summed E-state index contributed by atoms with van der Waals surface area (Å²) < 4.78 is 0. The highest BCUT2D eigenvalue weighted by Crippen LogP contribution is 2.30. The smallest absolute Gasteiger partial charge is 0.229 e. The average molecular weight is 324 g/mol. The van der Waals surface area contributed by atoms with E-state index in [1.807, 2.05) is 13.8 Å². The van der Waals surface area contributed by atoms with E-state index < -0.39 is 5.60 Å². The summed E-state index contributed by atoms with van der Waals surface area (Å²) in [7, 11) is 0. The van der Waals surface area contributed by atoms with Crippen LogP contribution in [0, 0.1) is 0 Å². The normalized spacial score (nSPS) is 14.8. The first kappa shape index (κ1) is 17.1. The van der Waals surface area contributed by atoms with Gasteiger partial charge in [-0.3, -0.25) is 9.59 Å². The Morgan fingerprint density at radius 2 is 2.00 bits per heavy atom. The number of hydrogen-bond acceptors (Lipinski definition) is 5. The fourth-order valence-electron chi connectivity index (χ4n) is 3.02. The second-order valence-corrected chi connectivity index (χ2v) is 7.02. The SMILES string of the molecule is CCCC(O)(CCC)CC(=O)Nc1nc2c(s1)C(=O)CCC2. The number of carbonyl (C=O) groups excluding carboxylic acids is 2. The lowest BCUT2D eigenvalue weighted by atomic mass is 9.89. The van der Waals surface area contributed by atoms with Gasteiger partial charge in [0.2, 0.25) is 5.91 Å². The van der Waals surface area contributed by atoms with Crippen LogP contribution in [0.5, 0.6) is 0 Å². The van der Waals surface area contributed by atoms with Gasteiger partial charge in [0.15, 0.2) is 10.9 Å². The number of hydrogen-bond donors (Lipinski definition) is 2. The molecular formula is C16H24N2O3S. The summed E-state index contributed by atoms with van der Waals surface area (Å²) in [6, 6.07) is 0. The molecule has 0 saturated heterocycles. The van der Waals surface area contributed by atoms with E-state index in [0.29, 0.717) is 29.3 Å². The fourth-order valence-corrected chi connectivity index (χ4v) is 4.01. The van der Waals surface area contributed by atoms with Crippen LogP contribution in [0.3, 0.4) is 0 Å². The Bertz CT molecular complexity index is 548. The minimum Gasteiger partial charge on any atom is -0.389 e. The van der Waals surface area contributed by atoms with Crippen LogP contribution in [-0.4, -0.2) is 27.4 Å². The van der Waals surface area contributed by atoms with E-state index in [0.717, 1.165) is 31.4 Å². The summed E-state index contributed by atoms with van der Waals surface area (Å²) in [4.78, 5) is 29.0. The molecule has 1 aromatic heterocycles. The summed E-state index contributed by atoms with van der Waals surface area (Å²) in [5, 5.41) is 13.8. The average Bonchev–Trinajstić information content (AvgIpc) is 2.82. The largest absolute Gasteiger partial charge is 0.389 e. The predicted molar refractivity (Wildman–Crippen MR) is 87.4 cm³/mol. The number of nitrogens with zero attached hydrogens (tertiary/aromatic N) is 1. The number of aliphatic hydroxyl groups is 1. The molecule has 1 aliphatic carbocycles. The van der Waals surface area contributed by atoms with Gasteiger partial charge in [-0.05, 0) is 25.7 Å². The number of rotatable bonds is 7. The predicted octanol–water partition coefficient (Wildman–Crippen LogP) is 3.32. The van der Waals surface area contributed by atoms with E-state index in [2.05, 4.69) is 10.3 Å². The maximum absolute atomic E-state index is 12.2. The number of carbonyl (C=O) groups is 2. The Labute approximate surface area is 135 Å². The van der Waals surface area contributed by atoms with Gasteiger partial charge < -0.3 is 10.4 Å². The molecule has 0 unspecified atom stereocenters. The maximum atomic E-state index is 12.2. The van der Waals surface area contributed by atoms with Gasteiger partial charge in [0.25, 0.3) is 0 Å². The molecule has 0 saturated carbocycles. The fraction of sp³-hybridized carbons (Fsp3) is 0.688. The van der Waals surface area contributed by atoms with E-state index in [1.54, 1.807) is 0 Å². The van der Waals surface area contributed by atoms with E-state index >= 15 is 0 Å². The van der Waals surface area contributed by atoms with Crippen LogP contribution in [0.4, 0.5) is 5.13 Å². The van der Waals surface area contributed by atoms with E-state index in [1.165, 1.54) is 11.3 Å². The molecule has 0 fully saturated rings. The van der Waals surface area contributed by atoms with E-state index in [-0.39, 0.29) is 18.1 Å². The van der Waals surface area contributed by atoms with Gasteiger partial charge in [0.05, 0.1) is 22.6 Å². The Kier molecular flexibility index (Phi) is 5.69. The zero-order valence-corrected chi connectivity index (χ0v) is 14.1. The zero-order valence-electron chi connectivity index (χ0n) is 13.3. The Hall–Kier alpha value is -1.27. The molecule has 0 spiro atoms. The number of thiazole rings is 1. The van der Waals surface area contributed by atoms with Gasteiger partial charge in [-0.25, -0.2) is 4.98 Å². The van der Waals surface area contributed by atoms with Crippen LogP contribution in [-0.2, 0) is 11.2 Å². The quantitative estimate of drug-likeness (QED) is 0.806. The topological polar surface area (TPSA) is 79.3 Å². The number of aromatic nitrogens is 1. The third-order valence-corrected chi connectivity index (χ3v) is 4.99. The Morgan fingerprint density at radius 3 is 2.59 bits per heavy atom. The molecule has 0 radical (unpaired) electrons. The molecule has 1 heterocycles. The van der Waals surface area contributed by atoms with Crippen molar-refractivity contribution in [3.63, 3.8) is 0 Å². The lowest BCUT2D eigenvalue weighted by Gasteiger charge is -2.26. The summed E-state index contributed by atoms with van der Waals surface area (Å²) in [5.74, 6) is -0.115. The Morgan fingerprint density at radius 1 is 1.32 bits per heavy atom. The second-order valence-electron chi connectivity index (χ2n) is 6.02. The highest BCUT2D eigenvalue weighted by molar-refractivity contribution is 7.17. The standard InChI is InChI=1S/C16H24N2O3S/c1-3-8-16(21,9-4-2)10-13(20)18-15-17-11-6-5-7-12(19)14(11)22-15/h21H,3-10H2,1-2H3,(H,17,18,20). The van der Waals surface area contributed by atoms with E-state index in [9.17, 15) is 14.7 Å². The number of Topliss-reactive ketones (excluding diaryl/α,β-unsaturated/α-hetero) is 1. The third-order valence-electron chi connectivity index (χ3n) is 3.93. The zero-order chi connectivity index (χ0) is 16.2. The summed E-state index contributed by atoms with van der Waals surface area (Å²) in [5.41, 5.74) is -0.144. The van der Waals surface area contributed by atoms with Crippen molar-refractivity contribution in [2.24, 2.45) is 0 Å². The summed E-state index contributed by atoms with van der Waals surface area (Å²) in [6.45, 7) is 4.00. The van der Waals surface area contributed by atoms with Gasteiger partial charge in [0, 0.05) is 6.42 Å². The van der Waals surface area contributed by atoms with Crippen molar-refractivity contribution in [3.05, 3.63) is 10.6 Å². The number of amides is 1. The molecule has 22 heavy (non-hydrogen) atoms. The van der Waals surface area contributed by atoms with Crippen LogP contribution >= 0.6 is 11.3 Å². The molecule has 5 nitrogen and oxygen atoms in total. The van der Waals surface area contributed by atoms with Crippen LogP contribution in [0.1, 0.15) is 74.2 Å². The van der Waals surface area contributed by atoms with Crippen molar-refractivity contribution in [2.75, 3.05) is 5.32 Å². The molecule has 6 heteroatoms. The highest BCUT2D eigenvalue weighted by Gasteiger charge is 2.29. The van der Waals surface area contributed by atoms with Crippen molar-refractivity contribution in [1.82, 2.24) is 4.98 Å². The number of nitrogens with one attached hydrogen (secondary N) is 1. The molecule has 0 aliphatic heterocycles. The van der Waals surface area contributed by atoms with Crippen molar-refractivity contribution in [2.45, 2.75) is 70.8 Å². The molecule has 122 valence electrons. The van der Waals surface area contributed by atoms with Gasteiger partial charge in [-0.2, -0.15) is 0 Å². The third kappa shape index (κ3) is 4.14. The summed E-state index contributed by atoms with van der Waals surface area (Å²) in [6.07, 6.45) is 5.16. The van der Waals surface area contributed by atoms with Crippen molar-refractivity contribution in [3.8, 4) is 0 Å². The highest BCUT2D eigenvalue weighted by atomic mass is 32.1. The molecule has 2 rings (SSSR count). The van der Waals surface area contributed by atoms with Crippen molar-refractivity contribution < 1.29 is 14.7 Å². The lowest BCUT2D eigenvalue weighted by molar-refractivity contribution is -0.121. The first-order valence-electron chi connectivity index (χ1n) is 8.02. The molecule has 1 aromatic rings. The monoisotopic (exact) mass is 324 g/mol. The van der Waals surface area contributed by atoms with Gasteiger partial charge in [0.1, 0.15) is 0 Å². The molecule has 2 N–H and O–H groups in total. The van der Waals surface area contributed by atoms with Crippen LogP contribution < -0.4 is 5.32 Å². The molecule has 1 aliphatic rings. The Balaban J connectivity index is 2.01. The molecule has 0 atom stereocenters. The van der Waals surface area contributed by atoms with Gasteiger partial charge in [-0.15, -0.1) is 0 Å². The number of anilines is 1. The van der Waals surface area contributed by atoms with Crippen molar-refractivity contribution in [1.29, 1.82) is 0 Å². The first-order chi connectivity index (χ1) is 10.5. The number of fused-ring (bicyclic) bond motifs is 1. The van der Waals surface area contributed by atoms with Gasteiger partial charge >= 0.3 is 0 Å². The minimum atomic E-state index is -0.944. The molecule has 0 bridgehead atoms. The van der Waals surface area contributed by atoms with Crippen molar-refractivity contribution >= 4 is 28.2 Å². The van der Waals surface area contributed by atoms with Crippen LogP contribution in [0.15, 0.2) is 0 Å². The first-order valence-corrected chi connectivity index (χ1v) is 8.84. The number of aryl methyl sites for hydroxylation is 1. The minimum absolute atomic E-state index is 0.0763. The van der Waals surface area contributed by atoms with Crippen LogP contribution in [0.25, 0.3) is 0 Å².